The van der Waals surface area contributed by atoms with E-state index in [9.17, 15) is 0 Å². The van der Waals surface area contributed by atoms with E-state index < -0.39 is 0 Å². The molecule has 0 amide bonds. The van der Waals surface area contributed by atoms with Crippen LogP contribution < -0.4 is 5.32 Å². The molecule has 1 unspecified atom stereocenters. The summed E-state index contributed by atoms with van der Waals surface area (Å²) in [6.07, 6.45) is 7.05. The lowest BCUT2D eigenvalue weighted by Crippen LogP contribution is -2.46. The molecular formula is C17H24N2. The molecule has 1 N–H and O–H groups in total. The largest absolute Gasteiger partial charge is 0.308 e. The van der Waals surface area contributed by atoms with Crippen LogP contribution in [0.1, 0.15) is 36.8 Å². The van der Waals surface area contributed by atoms with Crippen LogP contribution in [0.2, 0.25) is 0 Å². The van der Waals surface area contributed by atoms with E-state index >= 15 is 0 Å². The van der Waals surface area contributed by atoms with Crippen molar-refractivity contribution in [1.29, 1.82) is 0 Å². The molecule has 0 bridgehead atoms. The topological polar surface area (TPSA) is 15.3 Å². The van der Waals surface area contributed by atoms with E-state index in [2.05, 4.69) is 34.5 Å². The zero-order chi connectivity index (χ0) is 12.7. The molecule has 2 fully saturated rings. The average molecular weight is 256 g/mol. The van der Waals surface area contributed by atoms with Crippen molar-refractivity contribution in [2.75, 3.05) is 13.1 Å². The zero-order valence-electron chi connectivity index (χ0n) is 11.6. The van der Waals surface area contributed by atoms with E-state index in [1.54, 1.807) is 5.56 Å². The number of rotatable bonds is 5. The van der Waals surface area contributed by atoms with Gasteiger partial charge in [0.25, 0.3) is 0 Å². The van der Waals surface area contributed by atoms with Crippen LogP contribution in [0, 0.1) is 5.92 Å². The van der Waals surface area contributed by atoms with Crippen LogP contribution in [0.4, 0.5) is 0 Å². The van der Waals surface area contributed by atoms with E-state index in [0.717, 1.165) is 18.5 Å². The minimum Gasteiger partial charge on any atom is -0.308 e. The Morgan fingerprint density at radius 3 is 2.53 bits per heavy atom. The van der Waals surface area contributed by atoms with E-state index in [-0.39, 0.29) is 0 Å². The van der Waals surface area contributed by atoms with Gasteiger partial charge < -0.3 is 5.32 Å². The summed E-state index contributed by atoms with van der Waals surface area (Å²) in [5.74, 6) is 1.02. The van der Waals surface area contributed by atoms with Gasteiger partial charge in [-0.05, 0) is 49.1 Å². The molecule has 3 aliphatic rings. The second-order valence-electron chi connectivity index (χ2n) is 6.68. The van der Waals surface area contributed by atoms with E-state index in [1.807, 2.05) is 0 Å². The third kappa shape index (κ3) is 2.85. The summed E-state index contributed by atoms with van der Waals surface area (Å²) < 4.78 is 0. The summed E-state index contributed by atoms with van der Waals surface area (Å²) in [5.41, 5.74) is 3.06. The average Bonchev–Trinajstić information content (AvgIpc) is 3.30. The fourth-order valence-electron chi connectivity index (χ4n) is 3.38. The lowest BCUT2D eigenvalue weighted by atomic mass is 9.95. The Hall–Kier alpha value is -0.860. The van der Waals surface area contributed by atoms with Crippen molar-refractivity contribution in [1.82, 2.24) is 10.2 Å². The molecule has 1 heterocycles. The summed E-state index contributed by atoms with van der Waals surface area (Å²) in [4.78, 5) is 2.78. The molecule has 19 heavy (non-hydrogen) atoms. The van der Waals surface area contributed by atoms with Crippen molar-refractivity contribution in [2.24, 2.45) is 5.92 Å². The molecule has 0 radical (unpaired) electrons. The van der Waals surface area contributed by atoms with Crippen LogP contribution in [-0.4, -0.2) is 30.1 Å². The number of hydrogen-bond acceptors (Lipinski definition) is 2. The fourth-order valence-corrected chi connectivity index (χ4v) is 3.38. The van der Waals surface area contributed by atoms with Crippen LogP contribution in [-0.2, 0) is 13.0 Å². The third-order valence-corrected chi connectivity index (χ3v) is 4.87. The lowest BCUT2D eigenvalue weighted by molar-refractivity contribution is 0.218. The van der Waals surface area contributed by atoms with Crippen molar-refractivity contribution in [2.45, 2.75) is 50.7 Å². The fraction of sp³-hybridized carbons (Fsp3) is 0.647. The van der Waals surface area contributed by atoms with Crippen molar-refractivity contribution in [3.8, 4) is 0 Å². The van der Waals surface area contributed by atoms with Gasteiger partial charge in [-0.25, -0.2) is 0 Å². The standard InChI is InChI=1S/C17H24N2/c1-2-4-15-10-18-16(9-14(15)3-1)12-19(17-7-8-17)11-13-5-6-13/h1-4,13,16-18H,5-12H2. The summed E-state index contributed by atoms with van der Waals surface area (Å²) in [7, 11) is 0. The summed E-state index contributed by atoms with van der Waals surface area (Å²) in [6.45, 7) is 3.68. The number of fused-ring (bicyclic) bond motifs is 1. The molecule has 0 spiro atoms. The molecule has 1 aromatic carbocycles. The molecule has 2 nitrogen and oxygen atoms in total. The van der Waals surface area contributed by atoms with Crippen molar-refractivity contribution in [3.05, 3.63) is 35.4 Å². The predicted octanol–water partition coefficient (Wildman–Crippen LogP) is 2.58. The highest BCUT2D eigenvalue weighted by atomic mass is 15.2. The van der Waals surface area contributed by atoms with Gasteiger partial charge in [0.1, 0.15) is 0 Å². The van der Waals surface area contributed by atoms with Crippen molar-refractivity contribution < 1.29 is 0 Å². The second-order valence-corrected chi connectivity index (χ2v) is 6.68. The maximum absolute atomic E-state index is 3.74. The van der Waals surface area contributed by atoms with Crippen LogP contribution >= 0.6 is 0 Å². The molecular weight excluding hydrogens is 232 g/mol. The predicted molar refractivity (Wildman–Crippen MR) is 78.1 cm³/mol. The quantitative estimate of drug-likeness (QED) is 0.871. The van der Waals surface area contributed by atoms with E-state index in [4.69, 9.17) is 0 Å². The monoisotopic (exact) mass is 256 g/mol. The molecule has 0 aromatic heterocycles. The molecule has 2 heteroatoms. The second kappa shape index (κ2) is 4.92. The summed E-state index contributed by atoms with van der Waals surface area (Å²) in [6, 6.07) is 10.5. The highest BCUT2D eigenvalue weighted by Gasteiger charge is 2.35. The number of hydrogen-bond donors (Lipinski definition) is 1. The molecule has 4 rings (SSSR count). The van der Waals surface area contributed by atoms with E-state index in [1.165, 1.54) is 50.8 Å². The first-order chi connectivity index (χ1) is 9.38. The Bertz CT molecular complexity index is 448. The summed E-state index contributed by atoms with van der Waals surface area (Å²) >= 11 is 0. The minimum atomic E-state index is 0.661. The Morgan fingerprint density at radius 1 is 1.00 bits per heavy atom. The number of nitrogens with one attached hydrogen (secondary N) is 1. The Kier molecular flexibility index (Phi) is 3.08. The summed E-state index contributed by atoms with van der Waals surface area (Å²) in [5, 5.41) is 3.74. The first-order valence-corrected chi connectivity index (χ1v) is 7.93. The van der Waals surface area contributed by atoms with Crippen LogP contribution in [0.3, 0.4) is 0 Å². The van der Waals surface area contributed by atoms with Crippen LogP contribution in [0.25, 0.3) is 0 Å². The van der Waals surface area contributed by atoms with Crippen molar-refractivity contribution >= 4 is 0 Å². The van der Waals surface area contributed by atoms with Gasteiger partial charge in [-0.15, -0.1) is 0 Å². The van der Waals surface area contributed by atoms with Gasteiger partial charge in [0, 0.05) is 31.7 Å². The molecule has 102 valence electrons. The molecule has 1 aliphatic heterocycles. The van der Waals surface area contributed by atoms with Gasteiger partial charge in [0.05, 0.1) is 0 Å². The number of nitrogens with zero attached hydrogens (tertiary/aromatic N) is 1. The third-order valence-electron chi connectivity index (χ3n) is 4.87. The maximum atomic E-state index is 3.74. The van der Waals surface area contributed by atoms with Crippen LogP contribution in [0.5, 0.6) is 0 Å². The van der Waals surface area contributed by atoms with Gasteiger partial charge in [-0.2, -0.15) is 0 Å². The molecule has 2 aliphatic carbocycles. The number of benzene rings is 1. The van der Waals surface area contributed by atoms with Gasteiger partial charge in [0.15, 0.2) is 0 Å². The minimum absolute atomic E-state index is 0.661. The molecule has 1 aromatic rings. The Balaban J connectivity index is 1.39. The first kappa shape index (κ1) is 11.9. The smallest absolute Gasteiger partial charge is 0.0238 e. The highest BCUT2D eigenvalue weighted by molar-refractivity contribution is 5.30. The SMILES string of the molecule is c1ccc2c(c1)CNC(CN(CC1CC1)C1CC1)C2. The molecule has 1 atom stereocenters. The van der Waals surface area contributed by atoms with Crippen molar-refractivity contribution in [3.63, 3.8) is 0 Å². The van der Waals surface area contributed by atoms with Crippen LogP contribution in [0.15, 0.2) is 24.3 Å². The maximum Gasteiger partial charge on any atom is 0.0238 e. The molecule has 2 saturated carbocycles. The highest BCUT2D eigenvalue weighted by Crippen LogP contribution is 2.35. The van der Waals surface area contributed by atoms with Gasteiger partial charge >= 0.3 is 0 Å². The Morgan fingerprint density at radius 2 is 1.79 bits per heavy atom. The van der Waals surface area contributed by atoms with E-state index in [0.29, 0.717) is 6.04 Å². The Labute approximate surface area is 116 Å². The molecule has 0 saturated heterocycles. The zero-order valence-corrected chi connectivity index (χ0v) is 11.6. The van der Waals surface area contributed by atoms with Gasteiger partial charge in [-0.3, -0.25) is 4.90 Å². The first-order valence-electron chi connectivity index (χ1n) is 7.93. The van der Waals surface area contributed by atoms with Gasteiger partial charge in [0.2, 0.25) is 0 Å². The normalized spacial score (nSPS) is 26.5. The van der Waals surface area contributed by atoms with Gasteiger partial charge in [-0.1, -0.05) is 24.3 Å². The lowest BCUT2D eigenvalue weighted by Gasteiger charge is -2.32.